The van der Waals surface area contributed by atoms with Gasteiger partial charge in [0.2, 0.25) is 0 Å². The zero-order chi connectivity index (χ0) is 17.5. The third kappa shape index (κ3) is 4.40. The molecule has 2 N–H and O–H groups in total. The molecule has 6 nitrogen and oxygen atoms in total. The predicted octanol–water partition coefficient (Wildman–Crippen LogP) is 2.73. The maximum atomic E-state index is 12.3. The van der Waals surface area contributed by atoms with Crippen LogP contribution in [0.4, 0.5) is 5.69 Å². The molecular weight excluding hydrogens is 304 g/mol. The number of carbonyl (C=O) groups is 2. The Kier molecular flexibility index (Phi) is 5.63. The number of benzene rings is 1. The van der Waals surface area contributed by atoms with E-state index in [1.54, 1.807) is 36.4 Å². The summed E-state index contributed by atoms with van der Waals surface area (Å²) in [6.07, 6.45) is 0.807. The number of aromatic nitrogens is 1. The Morgan fingerprint density at radius 2 is 1.83 bits per heavy atom. The number of amides is 2. The molecule has 122 valence electrons. The van der Waals surface area contributed by atoms with E-state index >= 15 is 0 Å². The fraction of sp³-hybridized carbons (Fsp3) is 0.222. The first-order valence-corrected chi connectivity index (χ1v) is 7.63. The van der Waals surface area contributed by atoms with Gasteiger partial charge in [0.25, 0.3) is 11.8 Å². The quantitative estimate of drug-likeness (QED) is 0.885. The number of nitrogens with zero attached hydrogens (tertiary/aromatic N) is 2. The summed E-state index contributed by atoms with van der Waals surface area (Å²) in [5.74, 6) is -0.756. The SMILES string of the molecule is CCC(C)NC(=O)c1cccc(C(=O)Nc2cccc(C#N)c2)n1. The molecule has 0 spiro atoms. The van der Waals surface area contributed by atoms with Gasteiger partial charge in [0.15, 0.2) is 0 Å². The Labute approximate surface area is 140 Å². The Bertz CT molecular complexity index is 796. The topological polar surface area (TPSA) is 94.9 Å². The maximum Gasteiger partial charge on any atom is 0.274 e. The van der Waals surface area contributed by atoms with Gasteiger partial charge in [-0.3, -0.25) is 9.59 Å². The van der Waals surface area contributed by atoms with E-state index in [-0.39, 0.29) is 23.3 Å². The van der Waals surface area contributed by atoms with Gasteiger partial charge in [-0.15, -0.1) is 0 Å². The molecule has 2 aromatic rings. The molecule has 24 heavy (non-hydrogen) atoms. The van der Waals surface area contributed by atoms with Crippen molar-refractivity contribution in [1.29, 1.82) is 5.26 Å². The van der Waals surface area contributed by atoms with Crippen molar-refractivity contribution in [1.82, 2.24) is 10.3 Å². The van der Waals surface area contributed by atoms with Crippen molar-refractivity contribution in [2.45, 2.75) is 26.3 Å². The summed E-state index contributed by atoms with van der Waals surface area (Å²) in [5.41, 5.74) is 1.26. The lowest BCUT2D eigenvalue weighted by Gasteiger charge is -2.11. The van der Waals surface area contributed by atoms with Crippen LogP contribution in [0, 0.1) is 11.3 Å². The van der Waals surface area contributed by atoms with E-state index in [9.17, 15) is 9.59 Å². The first-order chi connectivity index (χ1) is 11.5. The first-order valence-electron chi connectivity index (χ1n) is 7.63. The molecule has 1 heterocycles. The Balaban J connectivity index is 2.14. The summed E-state index contributed by atoms with van der Waals surface area (Å²) in [4.78, 5) is 28.5. The van der Waals surface area contributed by atoms with Crippen molar-refractivity contribution in [2.24, 2.45) is 0 Å². The summed E-state index contributed by atoms with van der Waals surface area (Å²) < 4.78 is 0. The number of hydrogen-bond acceptors (Lipinski definition) is 4. The van der Waals surface area contributed by atoms with Gasteiger partial charge in [-0.05, 0) is 43.7 Å². The van der Waals surface area contributed by atoms with Gasteiger partial charge in [0.05, 0.1) is 11.6 Å². The highest BCUT2D eigenvalue weighted by Gasteiger charge is 2.14. The lowest BCUT2D eigenvalue weighted by Crippen LogP contribution is -2.32. The zero-order valence-corrected chi connectivity index (χ0v) is 13.5. The molecule has 1 aromatic carbocycles. The van der Waals surface area contributed by atoms with Gasteiger partial charge in [0.1, 0.15) is 11.4 Å². The molecule has 1 atom stereocenters. The van der Waals surface area contributed by atoms with E-state index in [1.165, 1.54) is 6.07 Å². The van der Waals surface area contributed by atoms with Crippen molar-refractivity contribution in [3.63, 3.8) is 0 Å². The van der Waals surface area contributed by atoms with Crippen LogP contribution in [0.25, 0.3) is 0 Å². The predicted molar refractivity (Wildman–Crippen MR) is 90.6 cm³/mol. The average molecular weight is 322 g/mol. The molecule has 0 aliphatic carbocycles. The van der Waals surface area contributed by atoms with Crippen LogP contribution in [-0.4, -0.2) is 22.8 Å². The van der Waals surface area contributed by atoms with Gasteiger partial charge in [-0.1, -0.05) is 19.1 Å². The zero-order valence-electron chi connectivity index (χ0n) is 13.5. The average Bonchev–Trinajstić information content (AvgIpc) is 2.61. The summed E-state index contributed by atoms with van der Waals surface area (Å²) in [7, 11) is 0. The standard InChI is InChI=1S/C18H18N4O2/c1-3-12(2)20-17(23)15-8-5-9-16(22-15)18(24)21-14-7-4-6-13(10-14)11-19/h4-10,12H,3H2,1-2H3,(H,20,23)(H,21,24). The number of pyridine rings is 1. The monoisotopic (exact) mass is 322 g/mol. The van der Waals surface area contributed by atoms with Gasteiger partial charge >= 0.3 is 0 Å². The van der Waals surface area contributed by atoms with Crippen LogP contribution in [0.3, 0.4) is 0 Å². The lowest BCUT2D eigenvalue weighted by atomic mass is 10.2. The molecule has 0 bridgehead atoms. The highest BCUT2D eigenvalue weighted by molar-refractivity contribution is 6.03. The second-order valence-corrected chi connectivity index (χ2v) is 5.34. The minimum absolute atomic E-state index is 0.0329. The second-order valence-electron chi connectivity index (χ2n) is 5.34. The van der Waals surface area contributed by atoms with Crippen LogP contribution >= 0.6 is 0 Å². The fourth-order valence-electron chi connectivity index (χ4n) is 1.95. The largest absolute Gasteiger partial charge is 0.348 e. The second kappa shape index (κ2) is 7.88. The molecule has 1 aromatic heterocycles. The molecular formula is C18H18N4O2. The van der Waals surface area contributed by atoms with E-state index in [4.69, 9.17) is 5.26 Å². The number of anilines is 1. The van der Waals surface area contributed by atoms with Gasteiger partial charge in [0, 0.05) is 11.7 Å². The van der Waals surface area contributed by atoms with E-state index in [2.05, 4.69) is 15.6 Å². The number of rotatable bonds is 5. The summed E-state index contributed by atoms with van der Waals surface area (Å²) >= 11 is 0. The third-order valence-corrected chi connectivity index (χ3v) is 3.45. The van der Waals surface area contributed by atoms with Crippen molar-refractivity contribution >= 4 is 17.5 Å². The van der Waals surface area contributed by atoms with E-state index < -0.39 is 5.91 Å². The van der Waals surface area contributed by atoms with Crippen LogP contribution in [-0.2, 0) is 0 Å². The fourth-order valence-corrected chi connectivity index (χ4v) is 1.95. The molecule has 2 rings (SSSR count). The Morgan fingerprint density at radius 3 is 2.50 bits per heavy atom. The van der Waals surface area contributed by atoms with Crippen molar-refractivity contribution in [2.75, 3.05) is 5.32 Å². The van der Waals surface area contributed by atoms with Gasteiger partial charge < -0.3 is 10.6 Å². The highest BCUT2D eigenvalue weighted by Crippen LogP contribution is 2.11. The number of carbonyl (C=O) groups excluding carboxylic acids is 2. The van der Waals surface area contributed by atoms with Crippen molar-refractivity contribution in [3.05, 3.63) is 59.4 Å². The Morgan fingerprint density at radius 1 is 1.17 bits per heavy atom. The number of nitriles is 1. The van der Waals surface area contributed by atoms with E-state index in [0.29, 0.717) is 11.3 Å². The normalized spacial score (nSPS) is 11.2. The molecule has 0 saturated heterocycles. The van der Waals surface area contributed by atoms with Crippen LogP contribution in [0.15, 0.2) is 42.5 Å². The lowest BCUT2D eigenvalue weighted by molar-refractivity contribution is 0.0934. The number of nitrogens with one attached hydrogen (secondary N) is 2. The molecule has 0 aliphatic heterocycles. The molecule has 6 heteroatoms. The van der Waals surface area contributed by atoms with Crippen molar-refractivity contribution in [3.8, 4) is 6.07 Å². The minimum Gasteiger partial charge on any atom is -0.348 e. The van der Waals surface area contributed by atoms with Crippen LogP contribution < -0.4 is 10.6 Å². The molecule has 0 radical (unpaired) electrons. The molecule has 2 amide bonds. The maximum absolute atomic E-state index is 12.3. The molecule has 0 saturated carbocycles. The van der Waals surface area contributed by atoms with Gasteiger partial charge in [-0.2, -0.15) is 5.26 Å². The van der Waals surface area contributed by atoms with Crippen molar-refractivity contribution < 1.29 is 9.59 Å². The minimum atomic E-state index is -0.441. The molecule has 0 aliphatic rings. The van der Waals surface area contributed by atoms with Crippen LogP contribution in [0.1, 0.15) is 46.8 Å². The third-order valence-electron chi connectivity index (χ3n) is 3.45. The van der Waals surface area contributed by atoms with Crippen LogP contribution in [0.5, 0.6) is 0 Å². The van der Waals surface area contributed by atoms with Crippen LogP contribution in [0.2, 0.25) is 0 Å². The van der Waals surface area contributed by atoms with Gasteiger partial charge in [-0.25, -0.2) is 4.98 Å². The molecule has 0 fully saturated rings. The van der Waals surface area contributed by atoms with E-state index in [1.807, 2.05) is 19.9 Å². The smallest absolute Gasteiger partial charge is 0.274 e. The first kappa shape index (κ1) is 17.2. The summed E-state index contributed by atoms with van der Waals surface area (Å²) in [6.45, 7) is 3.87. The number of hydrogen-bond donors (Lipinski definition) is 2. The highest BCUT2D eigenvalue weighted by atomic mass is 16.2. The summed E-state index contributed by atoms with van der Waals surface area (Å²) in [6, 6.07) is 13.3. The Hall–Kier alpha value is -3.20. The van der Waals surface area contributed by atoms with E-state index in [0.717, 1.165) is 6.42 Å². The summed E-state index contributed by atoms with van der Waals surface area (Å²) in [5, 5.41) is 14.4. The molecule has 1 unspecified atom stereocenters.